The van der Waals surface area contributed by atoms with Crippen LogP contribution >= 0.6 is 34.8 Å². The number of nitrogens with one attached hydrogen (secondary N) is 1. The molecule has 0 fully saturated rings. The van der Waals surface area contributed by atoms with Gasteiger partial charge in [0, 0.05) is 17.5 Å². The number of ether oxygens (including phenoxy) is 1. The van der Waals surface area contributed by atoms with Gasteiger partial charge in [-0.3, -0.25) is 4.79 Å². The van der Waals surface area contributed by atoms with E-state index >= 15 is 0 Å². The monoisotopic (exact) mass is 411 g/mol. The van der Waals surface area contributed by atoms with Crippen LogP contribution in [-0.4, -0.2) is 12.5 Å². The maximum atomic E-state index is 12.1. The summed E-state index contributed by atoms with van der Waals surface area (Å²) in [6.45, 7) is 1.44. The van der Waals surface area contributed by atoms with E-state index in [1.165, 1.54) is 12.1 Å². The first-order valence-electron chi connectivity index (χ1n) is 7.46. The minimum Gasteiger partial charge on any atom is -0.482 e. The number of benzene rings is 2. The van der Waals surface area contributed by atoms with E-state index in [-0.39, 0.29) is 17.4 Å². The molecule has 0 atom stereocenters. The van der Waals surface area contributed by atoms with E-state index in [0.717, 1.165) is 5.56 Å². The summed E-state index contributed by atoms with van der Waals surface area (Å²) in [6.07, 6.45) is 0. The summed E-state index contributed by atoms with van der Waals surface area (Å²) in [5.74, 6) is -0.254. The van der Waals surface area contributed by atoms with Crippen LogP contribution in [0.25, 0.3) is 11.0 Å². The molecule has 2 aromatic carbocycles. The molecule has 0 aliphatic heterocycles. The third-order valence-electron chi connectivity index (χ3n) is 3.59. The van der Waals surface area contributed by atoms with Crippen molar-refractivity contribution in [1.82, 2.24) is 0 Å². The Labute approximate surface area is 163 Å². The lowest BCUT2D eigenvalue weighted by Gasteiger charge is -2.11. The van der Waals surface area contributed by atoms with Crippen LogP contribution in [0.1, 0.15) is 5.56 Å². The minimum atomic E-state index is -0.477. The number of anilines is 1. The van der Waals surface area contributed by atoms with E-state index in [2.05, 4.69) is 5.32 Å². The number of rotatable bonds is 4. The lowest BCUT2D eigenvalue weighted by atomic mass is 10.1. The second-order valence-electron chi connectivity index (χ2n) is 5.46. The van der Waals surface area contributed by atoms with Crippen molar-refractivity contribution in [1.29, 1.82) is 0 Å². The van der Waals surface area contributed by atoms with Crippen molar-refractivity contribution in [3.63, 3.8) is 0 Å². The van der Waals surface area contributed by atoms with Crippen molar-refractivity contribution in [3.05, 3.63) is 67.4 Å². The molecule has 3 aromatic rings. The zero-order valence-corrected chi connectivity index (χ0v) is 15.7. The van der Waals surface area contributed by atoms with Crippen molar-refractivity contribution in [3.8, 4) is 5.75 Å². The second kappa shape index (κ2) is 7.58. The van der Waals surface area contributed by atoms with Crippen LogP contribution in [0.3, 0.4) is 0 Å². The topological polar surface area (TPSA) is 68.5 Å². The van der Waals surface area contributed by atoms with E-state index in [4.69, 9.17) is 44.0 Å². The second-order valence-corrected chi connectivity index (χ2v) is 6.68. The number of fused-ring (bicyclic) bond motifs is 1. The summed E-state index contributed by atoms with van der Waals surface area (Å²) < 4.78 is 10.6. The van der Waals surface area contributed by atoms with Gasteiger partial charge in [-0.1, -0.05) is 40.9 Å². The van der Waals surface area contributed by atoms with E-state index in [0.29, 0.717) is 26.7 Å². The van der Waals surface area contributed by atoms with Crippen molar-refractivity contribution in [2.24, 2.45) is 0 Å². The van der Waals surface area contributed by atoms with Gasteiger partial charge < -0.3 is 14.5 Å². The molecule has 26 heavy (non-hydrogen) atoms. The van der Waals surface area contributed by atoms with Gasteiger partial charge in [0.15, 0.2) is 6.61 Å². The maximum Gasteiger partial charge on any atom is 0.336 e. The largest absolute Gasteiger partial charge is 0.482 e. The van der Waals surface area contributed by atoms with Crippen LogP contribution < -0.4 is 15.7 Å². The molecule has 1 N–H and O–H groups in total. The molecule has 3 rings (SSSR count). The molecular weight excluding hydrogens is 401 g/mol. The number of hydrogen-bond donors (Lipinski definition) is 1. The Balaban J connectivity index is 1.78. The average molecular weight is 413 g/mol. The normalized spacial score (nSPS) is 10.8. The van der Waals surface area contributed by atoms with E-state index in [9.17, 15) is 9.59 Å². The van der Waals surface area contributed by atoms with Crippen LogP contribution in [0.2, 0.25) is 15.1 Å². The molecule has 0 unspecified atom stereocenters. The van der Waals surface area contributed by atoms with Gasteiger partial charge in [0.2, 0.25) is 0 Å². The zero-order valence-electron chi connectivity index (χ0n) is 13.4. The van der Waals surface area contributed by atoms with Gasteiger partial charge in [-0.2, -0.15) is 0 Å². The smallest absolute Gasteiger partial charge is 0.336 e. The number of para-hydroxylation sites is 1. The van der Waals surface area contributed by atoms with Crippen LogP contribution in [-0.2, 0) is 4.79 Å². The van der Waals surface area contributed by atoms with Gasteiger partial charge in [0.1, 0.15) is 11.3 Å². The number of aryl methyl sites for hydroxylation is 1. The highest BCUT2D eigenvalue weighted by atomic mass is 35.5. The lowest BCUT2D eigenvalue weighted by molar-refractivity contribution is -0.118. The Hall–Kier alpha value is -2.21. The minimum absolute atomic E-state index is 0.216. The summed E-state index contributed by atoms with van der Waals surface area (Å²) in [5, 5.41) is 4.18. The fourth-order valence-electron chi connectivity index (χ4n) is 2.37. The molecule has 1 amide bonds. The fourth-order valence-corrected chi connectivity index (χ4v) is 3.08. The molecule has 5 nitrogen and oxygen atoms in total. The quantitative estimate of drug-likeness (QED) is 0.607. The number of amides is 1. The first kappa shape index (κ1) is 18.6. The lowest BCUT2D eigenvalue weighted by Crippen LogP contribution is -2.20. The molecular formula is C18H12Cl3NO4. The SMILES string of the molecule is Cc1cc(=O)oc2cc(OCC(=O)Nc3c(Cl)cccc3Cl)c(Cl)cc12. The molecule has 0 bridgehead atoms. The first-order chi connectivity index (χ1) is 12.3. The van der Waals surface area contributed by atoms with Gasteiger partial charge in [0.25, 0.3) is 5.91 Å². The molecule has 0 aliphatic carbocycles. The third kappa shape index (κ3) is 3.96. The average Bonchev–Trinajstić information content (AvgIpc) is 2.57. The molecule has 8 heteroatoms. The van der Waals surface area contributed by atoms with Gasteiger partial charge in [-0.05, 0) is 30.7 Å². The zero-order chi connectivity index (χ0) is 18.8. The van der Waals surface area contributed by atoms with E-state index in [1.54, 1.807) is 31.2 Å². The molecule has 0 spiro atoms. The molecule has 134 valence electrons. The number of carbonyl (C=O) groups is 1. The van der Waals surface area contributed by atoms with Crippen molar-refractivity contribution >= 4 is 57.4 Å². The van der Waals surface area contributed by atoms with Crippen molar-refractivity contribution < 1.29 is 13.9 Å². The van der Waals surface area contributed by atoms with Gasteiger partial charge in [0.05, 0.1) is 20.8 Å². The number of carbonyl (C=O) groups excluding carboxylic acids is 1. The molecule has 0 radical (unpaired) electrons. The summed E-state index contributed by atoms with van der Waals surface area (Å²) in [7, 11) is 0. The van der Waals surface area contributed by atoms with Crippen molar-refractivity contribution in [2.75, 3.05) is 11.9 Å². The summed E-state index contributed by atoms with van der Waals surface area (Å²) in [6, 6.07) is 9.35. The van der Waals surface area contributed by atoms with Crippen molar-refractivity contribution in [2.45, 2.75) is 6.92 Å². The third-order valence-corrected chi connectivity index (χ3v) is 4.52. The summed E-state index contributed by atoms with van der Waals surface area (Å²) in [5.41, 5.74) is 0.879. The highest BCUT2D eigenvalue weighted by molar-refractivity contribution is 6.39. The predicted molar refractivity (Wildman–Crippen MR) is 103 cm³/mol. The van der Waals surface area contributed by atoms with Crippen LogP contribution in [0, 0.1) is 6.92 Å². The predicted octanol–water partition coefficient (Wildman–Crippen LogP) is 5.08. The molecule has 0 saturated heterocycles. The van der Waals surface area contributed by atoms with E-state index < -0.39 is 11.5 Å². The highest BCUT2D eigenvalue weighted by Gasteiger charge is 2.13. The highest BCUT2D eigenvalue weighted by Crippen LogP contribution is 2.32. The Kier molecular flexibility index (Phi) is 5.41. The first-order valence-corrected chi connectivity index (χ1v) is 8.59. The van der Waals surface area contributed by atoms with Crippen LogP contribution in [0.15, 0.2) is 45.6 Å². The maximum absolute atomic E-state index is 12.1. The standard InChI is InChI=1S/C18H12Cl3NO4/c1-9-5-17(24)26-14-7-15(13(21)6-10(9)14)25-8-16(23)22-18-11(19)3-2-4-12(18)20/h2-7H,8H2,1H3,(H,22,23). The Morgan fingerprint density at radius 2 is 1.81 bits per heavy atom. The van der Waals surface area contributed by atoms with Gasteiger partial charge in [-0.25, -0.2) is 4.79 Å². The summed E-state index contributed by atoms with van der Waals surface area (Å²) in [4.78, 5) is 23.6. The van der Waals surface area contributed by atoms with Gasteiger partial charge >= 0.3 is 5.63 Å². The number of halogens is 3. The van der Waals surface area contributed by atoms with Crippen LogP contribution in [0.5, 0.6) is 5.75 Å². The van der Waals surface area contributed by atoms with Gasteiger partial charge in [-0.15, -0.1) is 0 Å². The Morgan fingerprint density at radius 1 is 1.12 bits per heavy atom. The molecule has 1 heterocycles. The van der Waals surface area contributed by atoms with Crippen LogP contribution in [0.4, 0.5) is 5.69 Å². The Bertz CT molecular complexity index is 1040. The summed E-state index contributed by atoms with van der Waals surface area (Å²) >= 11 is 18.2. The van der Waals surface area contributed by atoms with E-state index in [1.807, 2.05) is 0 Å². The molecule has 0 aliphatic rings. The fraction of sp³-hybridized carbons (Fsp3) is 0.111. The Morgan fingerprint density at radius 3 is 2.50 bits per heavy atom. The molecule has 0 saturated carbocycles. The number of hydrogen-bond acceptors (Lipinski definition) is 4. The molecule has 1 aromatic heterocycles.